The normalized spacial score (nSPS) is 9.78. The number of nitrogens with zero attached hydrogens (tertiary/aromatic N) is 1. The molecule has 116 valence electrons. The molecule has 0 atom stereocenters. The van der Waals surface area contributed by atoms with Crippen molar-refractivity contribution in [2.75, 3.05) is 11.9 Å². The molecule has 0 bridgehead atoms. The van der Waals surface area contributed by atoms with Gasteiger partial charge in [-0.15, -0.1) is 0 Å². The van der Waals surface area contributed by atoms with Gasteiger partial charge in [0.1, 0.15) is 0 Å². The number of ether oxygens (including phenoxy) is 1. The number of halogens is 1. The van der Waals surface area contributed by atoms with Gasteiger partial charge in [-0.25, -0.2) is 4.79 Å². The predicted octanol–water partition coefficient (Wildman–Crippen LogP) is 3.42. The molecule has 0 spiro atoms. The molecule has 0 aromatic heterocycles. The molecule has 6 heteroatoms. The Morgan fingerprint density at radius 2 is 1.91 bits per heavy atom. The van der Waals surface area contributed by atoms with E-state index in [2.05, 4.69) is 21.2 Å². The quantitative estimate of drug-likeness (QED) is 0.833. The molecule has 1 N–H and O–H groups in total. The topological polar surface area (TPSA) is 79.2 Å². The average molecular weight is 373 g/mol. The van der Waals surface area contributed by atoms with E-state index in [1.165, 1.54) is 24.3 Å². The van der Waals surface area contributed by atoms with Crippen molar-refractivity contribution in [2.24, 2.45) is 0 Å². The van der Waals surface area contributed by atoms with Crippen LogP contribution in [0.15, 0.2) is 46.9 Å². The molecule has 0 aliphatic rings. The summed E-state index contributed by atoms with van der Waals surface area (Å²) in [4.78, 5) is 23.6. The number of rotatable bonds is 4. The van der Waals surface area contributed by atoms with Gasteiger partial charge in [0.05, 0.1) is 17.2 Å². The number of anilines is 1. The Kier molecular flexibility index (Phi) is 5.50. The predicted molar refractivity (Wildman–Crippen MR) is 88.9 cm³/mol. The number of benzene rings is 2. The summed E-state index contributed by atoms with van der Waals surface area (Å²) in [6, 6.07) is 13.3. The third-order valence-corrected chi connectivity index (χ3v) is 3.92. The first kappa shape index (κ1) is 16.7. The number of carbonyl (C=O) groups excluding carboxylic acids is 2. The number of esters is 1. The third-order valence-electron chi connectivity index (χ3n) is 3.03. The monoisotopic (exact) mass is 372 g/mol. The summed E-state index contributed by atoms with van der Waals surface area (Å²) in [5.41, 5.74) is 2.35. The summed E-state index contributed by atoms with van der Waals surface area (Å²) in [6.07, 6.45) is 0. The van der Waals surface area contributed by atoms with E-state index in [1.807, 2.05) is 25.1 Å². The van der Waals surface area contributed by atoms with E-state index in [0.29, 0.717) is 11.3 Å². The van der Waals surface area contributed by atoms with Crippen molar-refractivity contribution in [3.05, 3.63) is 63.6 Å². The Balaban J connectivity index is 1.89. The molecule has 0 fully saturated rings. The molecular weight excluding hydrogens is 360 g/mol. The van der Waals surface area contributed by atoms with E-state index in [0.717, 1.165) is 10.0 Å². The van der Waals surface area contributed by atoms with Crippen molar-refractivity contribution in [1.29, 1.82) is 5.26 Å². The van der Waals surface area contributed by atoms with Gasteiger partial charge in [0.15, 0.2) is 6.61 Å². The lowest BCUT2D eigenvalue weighted by Gasteiger charge is -2.08. The van der Waals surface area contributed by atoms with Crippen LogP contribution in [0.3, 0.4) is 0 Å². The number of nitrogens with one attached hydrogen (secondary N) is 1. The fourth-order valence-electron chi connectivity index (χ4n) is 1.81. The summed E-state index contributed by atoms with van der Waals surface area (Å²) in [5.74, 6) is -1.04. The minimum Gasteiger partial charge on any atom is -0.452 e. The lowest BCUT2D eigenvalue weighted by Crippen LogP contribution is -2.21. The molecule has 0 saturated heterocycles. The van der Waals surface area contributed by atoms with Crippen LogP contribution in [0.5, 0.6) is 0 Å². The Hall–Kier alpha value is -2.65. The van der Waals surface area contributed by atoms with Crippen molar-refractivity contribution in [3.63, 3.8) is 0 Å². The summed E-state index contributed by atoms with van der Waals surface area (Å²) in [7, 11) is 0. The van der Waals surface area contributed by atoms with Crippen molar-refractivity contribution >= 4 is 33.5 Å². The van der Waals surface area contributed by atoms with Crippen molar-refractivity contribution < 1.29 is 14.3 Å². The molecule has 0 aliphatic carbocycles. The molecule has 0 unspecified atom stereocenters. The smallest absolute Gasteiger partial charge is 0.338 e. The van der Waals surface area contributed by atoms with Crippen LogP contribution in [-0.2, 0) is 9.53 Å². The first-order valence-corrected chi connectivity index (χ1v) is 7.52. The fraction of sp³-hybridized carbons (Fsp3) is 0.118. The number of carbonyl (C=O) groups is 2. The summed E-state index contributed by atoms with van der Waals surface area (Å²) >= 11 is 3.38. The van der Waals surface area contributed by atoms with Gasteiger partial charge in [-0.2, -0.15) is 5.26 Å². The molecular formula is C17H13BrN2O3. The zero-order chi connectivity index (χ0) is 16.8. The van der Waals surface area contributed by atoms with Crippen LogP contribution in [0, 0.1) is 18.3 Å². The van der Waals surface area contributed by atoms with Gasteiger partial charge in [0.2, 0.25) is 0 Å². The highest BCUT2D eigenvalue weighted by Gasteiger charge is 2.10. The molecule has 2 aromatic carbocycles. The maximum Gasteiger partial charge on any atom is 0.338 e. The second kappa shape index (κ2) is 7.56. The molecule has 1 amide bonds. The maximum absolute atomic E-state index is 11.8. The summed E-state index contributed by atoms with van der Waals surface area (Å²) in [6.45, 7) is 1.53. The summed E-state index contributed by atoms with van der Waals surface area (Å²) in [5, 5.41) is 11.4. The van der Waals surface area contributed by atoms with E-state index >= 15 is 0 Å². The van der Waals surface area contributed by atoms with Crippen molar-refractivity contribution in [2.45, 2.75) is 6.92 Å². The van der Waals surface area contributed by atoms with Crippen molar-refractivity contribution in [3.8, 4) is 6.07 Å². The van der Waals surface area contributed by atoms with Crippen LogP contribution < -0.4 is 5.32 Å². The summed E-state index contributed by atoms with van der Waals surface area (Å²) < 4.78 is 5.89. The standard InChI is InChI=1S/C17H13BrN2O3/c1-11-8-14(6-7-15(11)18)20-16(21)10-23-17(22)13-4-2-12(9-19)3-5-13/h2-8H,10H2,1H3,(H,20,21). The van der Waals surface area contributed by atoms with Crippen LogP contribution in [0.25, 0.3) is 0 Å². The molecule has 0 aliphatic heterocycles. The first-order valence-electron chi connectivity index (χ1n) is 6.73. The minimum absolute atomic E-state index is 0.288. The van der Waals surface area contributed by atoms with Gasteiger partial charge in [-0.1, -0.05) is 15.9 Å². The third kappa shape index (κ3) is 4.66. The van der Waals surface area contributed by atoms with Crippen LogP contribution in [0.2, 0.25) is 0 Å². The lowest BCUT2D eigenvalue weighted by molar-refractivity contribution is -0.119. The van der Waals surface area contributed by atoms with E-state index in [-0.39, 0.29) is 12.2 Å². The maximum atomic E-state index is 11.8. The van der Waals surface area contributed by atoms with E-state index in [9.17, 15) is 9.59 Å². The van der Waals surface area contributed by atoms with E-state index in [1.54, 1.807) is 6.07 Å². The van der Waals surface area contributed by atoms with Gasteiger partial charge in [0.25, 0.3) is 5.91 Å². The SMILES string of the molecule is Cc1cc(NC(=O)COC(=O)c2ccc(C#N)cc2)ccc1Br. The zero-order valence-electron chi connectivity index (χ0n) is 12.3. The van der Waals surface area contributed by atoms with Crippen LogP contribution in [0.4, 0.5) is 5.69 Å². The Morgan fingerprint density at radius 1 is 1.22 bits per heavy atom. The second-order valence-corrected chi connectivity index (χ2v) is 5.63. The van der Waals surface area contributed by atoms with Crippen LogP contribution in [-0.4, -0.2) is 18.5 Å². The van der Waals surface area contributed by atoms with Crippen molar-refractivity contribution in [1.82, 2.24) is 0 Å². The number of aryl methyl sites for hydroxylation is 1. The van der Waals surface area contributed by atoms with Gasteiger partial charge in [-0.05, 0) is 55.0 Å². The Bertz CT molecular complexity index is 779. The highest BCUT2D eigenvalue weighted by Crippen LogP contribution is 2.19. The first-order chi connectivity index (χ1) is 11.0. The molecule has 0 radical (unpaired) electrons. The van der Waals surface area contributed by atoms with E-state index in [4.69, 9.17) is 10.00 Å². The fourth-order valence-corrected chi connectivity index (χ4v) is 2.06. The largest absolute Gasteiger partial charge is 0.452 e. The zero-order valence-corrected chi connectivity index (χ0v) is 13.9. The molecule has 0 heterocycles. The molecule has 0 saturated carbocycles. The highest BCUT2D eigenvalue weighted by molar-refractivity contribution is 9.10. The highest BCUT2D eigenvalue weighted by atomic mass is 79.9. The minimum atomic E-state index is -0.614. The Morgan fingerprint density at radius 3 is 2.52 bits per heavy atom. The van der Waals surface area contributed by atoms with E-state index < -0.39 is 11.9 Å². The average Bonchev–Trinajstić information content (AvgIpc) is 2.56. The number of hydrogen-bond acceptors (Lipinski definition) is 4. The molecule has 23 heavy (non-hydrogen) atoms. The van der Waals surface area contributed by atoms with Crippen LogP contribution >= 0.6 is 15.9 Å². The van der Waals surface area contributed by atoms with Gasteiger partial charge < -0.3 is 10.1 Å². The number of amides is 1. The number of nitriles is 1. The van der Waals surface area contributed by atoms with Gasteiger partial charge >= 0.3 is 5.97 Å². The second-order valence-electron chi connectivity index (χ2n) is 4.78. The van der Waals surface area contributed by atoms with Gasteiger partial charge in [-0.3, -0.25) is 4.79 Å². The number of hydrogen-bond donors (Lipinski definition) is 1. The Labute approximate surface area is 142 Å². The molecule has 5 nitrogen and oxygen atoms in total. The van der Waals surface area contributed by atoms with Gasteiger partial charge in [0, 0.05) is 10.2 Å². The molecule has 2 aromatic rings. The van der Waals surface area contributed by atoms with Crippen LogP contribution in [0.1, 0.15) is 21.5 Å². The molecule has 2 rings (SSSR count). The lowest BCUT2D eigenvalue weighted by atomic mass is 10.1.